The van der Waals surface area contributed by atoms with E-state index in [1.807, 2.05) is 27.7 Å². The highest BCUT2D eigenvalue weighted by Crippen LogP contribution is 2.27. The van der Waals surface area contributed by atoms with Gasteiger partial charge in [-0.1, -0.05) is 0 Å². The van der Waals surface area contributed by atoms with E-state index in [9.17, 15) is 0 Å². The SMILES string of the molecule is CCOC1C(C)OC(C)C(OC)C1OCC. The predicted molar refractivity (Wildman–Crippen MR) is 61.6 cm³/mol. The van der Waals surface area contributed by atoms with Crippen molar-refractivity contribution in [1.29, 1.82) is 0 Å². The zero-order valence-corrected chi connectivity index (χ0v) is 10.9. The highest BCUT2D eigenvalue weighted by Gasteiger charge is 2.43. The van der Waals surface area contributed by atoms with E-state index in [-0.39, 0.29) is 30.5 Å². The lowest BCUT2D eigenvalue weighted by molar-refractivity contribution is -0.243. The van der Waals surface area contributed by atoms with Crippen molar-refractivity contribution in [2.24, 2.45) is 0 Å². The van der Waals surface area contributed by atoms with Gasteiger partial charge in [0.2, 0.25) is 0 Å². The minimum absolute atomic E-state index is 0.0354. The van der Waals surface area contributed by atoms with Gasteiger partial charge >= 0.3 is 0 Å². The van der Waals surface area contributed by atoms with Crippen LogP contribution < -0.4 is 0 Å². The minimum atomic E-state index is -0.0623. The second-order valence-electron chi connectivity index (χ2n) is 4.09. The summed E-state index contributed by atoms with van der Waals surface area (Å²) in [6, 6.07) is 0. The molecule has 4 heteroatoms. The molecule has 0 amide bonds. The van der Waals surface area contributed by atoms with Crippen molar-refractivity contribution in [2.75, 3.05) is 20.3 Å². The summed E-state index contributed by atoms with van der Waals surface area (Å²) in [7, 11) is 1.69. The largest absolute Gasteiger partial charge is 0.376 e. The second kappa shape index (κ2) is 6.55. The Balaban J connectivity index is 2.77. The Bertz CT molecular complexity index is 197. The third-order valence-corrected chi connectivity index (χ3v) is 2.99. The summed E-state index contributed by atoms with van der Waals surface area (Å²) in [5.41, 5.74) is 0. The standard InChI is InChI=1S/C12H24O4/c1-6-14-11-9(4)16-8(3)10(13-5)12(11)15-7-2/h8-12H,6-7H2,1-5H3. The molecule has 1 aliphatic heterocycles. The van der Waals surface area contributed by atoms with Crippen molar-refractivity contribution < 1.29 is 18.9 Å². The number of hydrogen-bond acceptors (Lipinski definition) is 4. The molecule has 0 bridgehead atoms. The van der Waals surface area contributed by atoms with E-state index >= 15 is 0 Å². The molecule has 5 atom stereocenters. The van der Waals surface area contributed by atoms with E-state index in [2.05, 4.69) is 0 Å². The van der Waals surface area contributed by atoms with Gasteiger partial charge in [0.1, 0.15) is 18.3 Å². The van der Waals surface area contributed by atoms with Crippen molar-refractivity contribution in [3.8, 4) is 0 Å². The van der Waals surface area contributed by atoms with Crippen LogP contribution in [0.5, 0.6) is 0 Å². The Hall–Kier alpha value is -0.160. The Morgan fingerprint density at radius 1 is 0.875 bits per heavy atom. The quantitative estimate of drug-likeness (QED) is 0.722. The molecule has 96 valence electrons. The fourth-order valence-electron chi connectivity index (χ4n) is 2.35. The monoisotopic (exact) mass is 232 g/mol. The lowest BCUT2D eigenvalue weighted by Crippen LogP contribution is -2.58. The minimum Gasteiger partial charge on any atom is -0.376 e. The van der Waals surface area contributed by atoms with Crippen LogP contribution in [-0.2, 0) is 18.9 Å². The van der Waals surface area contributed by atoms with Crippen molar-refractivity contribution >= 4 is 0 Å². The molecule has 1 aliphatic rings. The van der Waals surface area contributed by atoms with Crippen molar-refractivity contribution in [3.05, 3.63) is 0 Å². The summed E-state index contributed by atoms with van der Waals surface area (Å²) < 4.78 is 22.7. The molecule has 0 aromatic rings. The van der Waals surface area contributed by atoms with Crippen LogP contribution >= 0.6 is 0 Å². The van der Waals surface area contributed by atoms with Gasteiger partial charge < -0.3 is 18.9 Å². The topological polar surface area (TPSA) is 36.9 Å². The molecule has 0 saturated carbocycles. The van der Waals surface area contributed by atoms with Crippen LogP contribution in [0.1, 0.15) is 27.7 Å². The molecule has 0 spiro atoms. The van der Waals surface area contributed by atoms with Crippen LogP contribution in [0.4, 0.5) is 0 Å². The lowest BCUT2D eigenvalue weighted by Gasteiger charge is -2.43. The summed E-state index contributed by atoms with van der Waals surface area (Å²) in [5, 5.41) is 0. The van der Waals surface area contributed by atoms with E-state index in [1.54, 1.807) is 7.11 Å². The first kappa shape index (κ1) is 13.9. The first-order valence-corrected chi connectivity index (χ1v) is 6.07. The van der Waals surface area contributed by atoms with E-state index < -0.39 is 0 Å². The second-order valence-corrected chi connectivity index (χ2v) is 4.09. The maximum absolute atomic E-state index is 5.80. The average Bonchev–Trinajstić information content (AvgIpc) is 2.24. The molecule has 0 aliphatic carbocycles. The van der Waals surface area contributed by atoms with Gasteiger partial charge in [-0.25, -0.2) is 0 Å². The van der Waals surface area contributed by atoms with E-state index in [0.717, 1.165) is 0 Å². The molecule has 4 nitrogen and oxygen atoms in total. The molecule has 0 aromatic heterocycles. The molecular formula is C12H24O4. The van der Waals surface area contributed by atoms with Crippen LogP contribution in [0.2, 0.25) is 0 Å². The van der Waals surface area contributed by atoms with Gasteiger partial charge in [-0.15, -0.1) is 0 Å². The fraction of sp³-hybridized carbons (Fsp3) is 1.00. The summed E-state index contributed by atoms with van der Waals surface area (Å²) >= 11 is 0. The molecule has 1 rings (SSSR count). The first-order valence-electron chi connectivity index (χ1n) is 6.07. The molecule has 1 heterocycles. The molecular weight excluding hydrogens is 208 g/mol. The molecule has 5 unspecified atom stereocenters. The van der Waals surface area contributed by atoms with Gasteiger partial charge in [-0.05, 0) is 27.7 Å². The number of hydrogen-bond donors (Lipinski definition) is 0. The fourth-order valence-corrected chi connectivity index (χ4v) is 2.35. The number of ether oxygens (including phenoxy) is 4. The Labute approximate surface area is 98.2 Å². The van der Waals surface area contributed by atoms with E-state index in [0.29, 0.717) is 13.2 Å². The van der Waals surface area contributed by atoms with Crippen LogP contribution in [0.3, 0.4) is 0 Å². The van der Waals surface area contributed by atoms with E-state index in [1.165, 1.54) is 0 Å². The smallest absolute Gasteiger partial charge is 0.115 e. The van der Waals surface area contributed by atoms with Crippen LogP contribution in [0.25, 0.3) is 0 Å². The van der Waals surface area contributed by atoms with Crippen LogP contribution in [-0.4, -0.2) is 50.8 Å². The molecule has 1 saturated heterocycles. The normalized spacial score (nSPS) is 39.9. The molecule has 0 N–H and O–H groups in total. The number of methoxy groups -OCH3 is 1. The molecule has 1 fully saturated rings. The van der Waals surface area contributed by atoms with Crippen LogP contribution in [0.15, 0.2) is 0 Å². The Morgan fingerprint density at radius 2 is 1.38 bits per heavy atom. The van der Waals surface area contributed by atoms with Gasteiger partial charge in [0, 0.05) is 20.3 Å². The van der Waals surface area contributed by atoms with E-state index in [4.69, 9.17) is 18.9 Å². The van der Waals surface area contributed by atoms with Crippen LogP contribution in [0, 0.1) is 0 Å². The van der Waals surface area contributed by atoms with Gasteiger partial charge in [0.05, 0.1) is 12.2 Å². The summed E-state index contributed by atoms with van der Waals surface area (Å²) in [6.45, 7) is 9.32. The van der Waals surface area contributed by atoms with Crippen molar-refractivity contribution in [2.45, 2.75) is 58.2 Å². The van der Waals surface area contributed by atoms with Gasteiger partial charge in [-0.3, -0.25) is 0 Å². The van der Waals surface area contributed by atoms with Gasteiger partial charge in [0.25, 0.3) is 0 Å². The van der Waals surface area contributed by atoms with Crippen molar-refractivity contribution in [3.63, 3.8) is 0 Å². The molecule has 16 heavy (non-hydrogen) atoms. The zero-order chi connectivity index (χ0) is 12.1. The average molecular weight is 232 g/mol. The third-order valence-electron chi connectivity index (χ3n) is 2.99. The van der Waals surface area contributed by atoms with Crippen molar-refractivity contribution in [1.82, 2.24) is 0 Å². The highest BCUT2D eigenvalue weighted by atomic mass is 16.6. The van der Waals surface area contributed by atoms with Gasteiger partial charge in [-0.2, -0.15) is 0 Å². The lowest BCUT2D eigenvalue weighted by atomic mass is 9.96. The Morgan fingerprint density at radius 3 is 1.88 bits per heavy atom. The third kappa shape index (κ3) is 2.94. The maximum atomic E-state index is 5.80. The Kier molecular flexibility index (Phi) is 5.69. The highest BCUT2D eigenvalue weighted by molar-refractivity contribution is 4.92. The molecule has 0 aromatic carbocycles. The maximum Gasteiger partial charge on any atom is 0.115 e. The van der Waals surface area contributed by atoms with Gasteiger partial charge in [0.15, 0.2) is 0 Å². The number of rotatable bonds is 5. The molecule has 0 radical (unpaired) electrons. The zero-order valence-electron chi connectivity index (χ0n) is 10.9. The predicted octanol–water partition coefficient (Wildman–Crippen LogP) is 1.62. The summed E-state index contributed by atoms with van der Waals surface area (Å²) in [6.07, 6.45) is -0.0846. The first-order chi connectivity index (χ1) is 7.65. The summed E-state index contributed by atoms with van der Waals surface area (Å²) in [4.78, 5) is 0. The summed E-state index contributed by atoms with van der Waals surface area (Å²) in [5.74, 6) is 0.